The van der Waals surface area contributed by atoms with E-state index in [1.54, 1.807) is 0 Å². The normalized spacial score (nSPS) is 11.9. The van der Waals surface area contributed by atoms with Crippen LogP contribution in [0.5, 0.6) is 0 Å². The van der Waals surface area contributed by atoms with E-state index in [0.717, 1.165) is 25.3 Å². The van der Waals surface area contributed by atoms with Crippen molar-refractivity contribution in [1.82, 2.24) is 15.6 Å². The Morgan fingerprint density at radius 2 is 1.84 bits per heavy atom. The molecule has 0 radical (unpaired) electrons. The molecule has 102 valence electrons. The molecular weight excluding hydrogens is 234 g/mol. The molecule has 0 spiro atoms. The number of pyridine rings is 1. The van der Waals surface area contributed by atoms with Crippen LogP contribution < -0.4 is 10.6 Å². The summed E-state index contributed by atoms with van der Waals surface area (Å²) in [4.78, 5) is 4.47. The van der Waals surface area contributed by atoms with E-state index in [4.69, 9.17) is 0 Å². The molecule has 0 fully saturated rings. The van der Waals surface area contributed by atoms with Crippen molar-refractivity contribution in [1.29, 1.82) is 0 Å². The molecule has 0 saturated heterocycles. The first-order valence-electron chi connectivity index (χ1n) is 6.85. The van der Waals surface area contributed by atoms with Crippen molar-refractivity contribution in [2.24, 2.45) is 0 Å². The fourth-order valence-corrected chi connectivity index (χ4v) is 2.06. The predicted octanol–water partition coefficient (Wildman–Crippen LogP) is 2.71. The summed E-state index contributed by atoms with van der Waals surface area (Å²) in [5.41, 5.74) is 1.30. The van der Waals surface area contributed by atoms with Crippen LogP contribution in [0.25, 0.3) is 10.8 Å². The molecule has 3 heteroatoms. The highest BCUT2D eigenvalue weighted by molar-refractivity contribution is 5.84. The lowest BCUT2D eigenvalue weighted by Gasteiger charge is -2.20. The van der Waals surface area contributed by atoms with Crippen LogP contribution in [0.15, 0.2) is 36.5 Å². The number of fused-ring (bicyclic) bond motifs is 1. The molecular formula is C16H23N3. The van der Waals surface area contributed by atoms with Crippen molar-refractivity contribution in [3.05, 3.63) is 42.2 Å². The maximum absolute atomic E-state index is 4.47. The Hall–Kier alpha value is -1.45. The first-order valence-corrected chi connectivity index (χ1v) is 6.85. The summed E-state index contributed by atoms with van der Waals surface area (Å²) in [6.07, 6.45) is 1.88. The quantitative estimate of drug-likeness (QED) is 0.809. The summed E-state index contributed by atoms with van der Waals surface area (Å²) < 4.78 is 0. The Kier molecular flexibility index (Phi) is 4.51. The lowest BCUT2D eigenvalue weighted by atomic mass is 10.1. The van der Waals surface area contributed by atoms with Gasteiger partial charge in [-0.05, 0) is 32.2 Å². The lowest BCUT2D eigenvalue weighted by Crippen LogP contribution is -2.40. The number of rotatable bonds is 5. The van der Waals surface area contributed by atoms with Gasteiger partial charge in [0.25, 0.3) is 0 Å². The molecule has 0 amide bonds. The van der Waals surface area contributed by atoms with Gasteiger partial charge in [0.1, 0.15) is 0 Å². The zero-order valence-electron chi connectivity index (χ0n) is 12.0. The summed E-state index contributed by atoms with van der Waals surface area (Å²) in [5.74, 6) is 0. The standard InChI is InChI=1S/C16H23N3/c1-16(2,3)19-11-10-17-12-15-14-7-5-4-6-13(14)8-9-18-15/h4-9,17,19H,10-12H2,1-3H3. The van der Waals surface area contributed by atoms with E-state index >= 15 is 0 Å². The number of nitrogens with one attached hydrogen (secondary N) is 2. The maximum Gasteiger partial charge on any atom is 0.0619 e. The van der Waals surface area contributed by atoms with Gasteiger partial charge in [-0.3, -0.25) is 4.98 Å². The molecule has 1 aromatic heterocycles. The van der Waals surface area contributed by atoms with E-state index in [1.165, 1.54) is 10.8 Å². The van der Waals surface area contributed by atoms with Gasteiger partial charge in [0, 0.05) is 36.8 Å². The van der Waals surface area contributed by atoms with Crippen molar-refractivity contribution in [2.75, 3.05) is 13.1 Å². The van der Waals surface area contributed by atoms with Gasteiger partial charge >= 0.3 is 0 Å². The van der Waals surface area contributed by atoms with E-state index < -0.39 is 0 Å². The molecule has 3 nitrogen and oxygen atoms in total. The fraction of sp³-hybridized carbons (Fsp3) is 0.438. The molecule has 2 N–H and O–H groups in total. The van der Waals surface area contributed by atoms with Crippen molar-refractivity contribution < 1.29 is 0 Å². The third-order valence-electron chi connectivity index (χ3n) is 3.01. The van der Waals surface area contributed by atoms with Crippen LogP contribution in [-0.4, -0.2) is 23.6 Å². The van der Waals surface area contributed by atoms with Crippen LogP contribution in [0, 0.1) is 0 Å². The van der Waals surface area contributed by atoms with Gasteiger partial charge in [-0.15, -0.1) is 0 Å². The van der Waals surface area contributed by atoms with Crippen LogP contribution in [0.2, 0.25) is 0 Å². The summed E-state index contributed by atoms with van der Waals surface area (Å²) in [5, 5.41) is 9.39. The molecule has 2 rings (SSSR count). The average Bonchev–Trinajstić information content (AvgIpc) is 2.37. The number of hydrogen-bond donors (Lipinski definition) is 2. The van der Waals surface area contributed by atoms with E-state index in [1.807, 2.05) is 6.20 Å². The Morgan fingerprint density at radius 1 is 1.05 bits per heavy atom. The van der Waals surface area contributed by atoms with Crippen LogP contribution in [0.3, 0.4) is 0 Å². The monoisotopic (exact) mass is 257 g/mol. The van der Waals surface area contributed by atoms with Gasteiger partial charge in [-0.25, -0.2) is 0 Å². The highest BCUT2D eigenvalue weighted by Crippen LogP contribution is 2.15. The zero-order chi connectivity index (χ0) is 13.7. The number of nitrogens with zero attached hydrogens (tertiary/aromatic N) is 1. The third-order valence-corrected chi connectivity index (χ3v) is 3.01. The molecule has 2 aromatic rings. The Bertz CT molecular complexity index is 524. The van der Waals surface area contributed by atoms with E-state index in [2.05, 4.69) is 66.7 Å². The van der Waals surface area contributed by atoms with Crippen LogP contribution in [-0.2, 0) is 6.54 Å². The van der Waals surface area contributed by atoms with Crippen molar-refractivity contribution in [3.63, 3.8) is 0 Å². The average molecular weight is 257 g/mol. The first-order chi connectivity index (χ1) is 9.06. The van der Waals surface area contributed by atoms with Gasteiger partial charge in [-0.2, -0.15) is 0 Å². The molecule has 0 aliphatic rings. The number of aromatic nitrogens is 1. The second-order valence-corrected chi connectivity index (χ2v) is 5.83. The smallest absolute Gasteiger partial charge is 0.0619 e. The Morgan fingerprint density at radius 3 is 2.63 bits per heavy atom. The molecule has 19 heavy (non-hydrogen) atoms. The number of hydrogen-bond acceptors (Lipinski definition) is 3. The molecule has 0 saturated carbocycles. The largest absolute Gasteiger partial charge is 0.311 e. The summed E-state index contributed by atoms with van der Waals surface area (Å²) >= 11 is 0. The summed E-state index contributed by atoms with van der Waals surface area (Å²) in [6.45, 7) is 9.27. The van der Waals surface area contributed by atoms with Crippen LogP contribution >= 0.6 is 0 Å². The maximum atomic E-state index is 4.47. The van der Waals surface area contributed by atoms with Gasteiger partial charge < -0.3 is 10.6 Å². The molecule has 0 unspecified atom stereocenters. The molecule has 0 aliphatic heterocycles. The van der Waals surface area contributed by atoms with Crippen molar-refractivity contribution in [3.8, 4) is 0 Å². The summed E-state index contributed by atoms with van der Waals surface area (Å²) in [6, 6.07) is 10.4. The zero-order valence-corrected chi connectivity index (χ0v) is 12.0. The highest BCUT2D eigenvalue weighted by atomic mass is 15.0. The second-order valence-electron chi connectivity index (χ2n) is 5.83. The Labute approximate surface area is 115 Å². The minimum Gasteiger partial charge on any atom is -0.311 e. The van der Waals surface area contributed by atoms with Gasteiger partial charge in [0.05, 0.1) is 5.69 Å². The molecule has 1 aromatic carbocycles. The fourth-order valence-electron chi connectivity index (χ4n) is 2.06. The van der Waals surface area contributed by atoms with E-state index in [0.29, 0.717) is 0 Å². The van der Waals surface area contributed by atoms with Crippen LogP contribution in [0.1, 0.15) is 26.5 Å². The minimum atomic E-state index is 0.180. The Balaban J connectivity index is 1.88. The minimum absolute atomic E-state index is 0.180. The lowest BCUT2D eigenvalue weighted by molar-refractivity contribution is 0.421. The van der Waals surface area contributed by atoms with Gasteiger partial charge in [-0.1, -0.05) is 24.3 Å². The second kappa shape index (κ2) is 6.13. The van der Waals surface area contributed by atoms with Crippen LogP contribution in [0.4, 0.5) is 0 Å². The van der Waals surface area contributed by atoms with Gasteiger partial charge in [0.15, 0.2) is 0 Å². The third kappa shape index (κ3) is 4.30. The SMILES string of the molecule is CC(C)(C)NCCNCc1nccc2ccccc12. The van der Waals surface area contributed by atoms with E-state index in [9.17, 15) is 0 Å². The molecule has 1 heterocycles. The molecule has 0 atom stereocenters. The highest BCUT2D eigenvalue weighted by Gasteiger charge is 2.07. The van der Waals surface area contributed by atoms with Crippen molar-refractivity contribution >= 4 is 10.8 Å². The first kappa shape index (κ1) is 14.0. The number of benzene rings is 1. The van der Waals surface area contributed by atoms with Crippen molar-refractivity contribution in [2.45, 2.75) is 32.9 Å². The predicted molar refractivity (Wildman–Crippen MR) is 81.2 cm³/mol. The van der Waals surface area contributed by atoms with E-state index in [-0.39, 0.29) is 5.54 Å². The summed E-state index contributed by atoms with van der Waals surface area (Å²) in [7, 11) is 0. The topological polar surface area (TPSA) is 37.0 Å². The molecule has 0 bridgehead atoms. The molecule has 0 aliphatic carbocycles. The van der Waals surface area contributed by atoms with Gasteiger partial charge in [0.2, 0.25) is 0 Å².